The number of para-hydroxylation sites is 2. The highest BCUT2D eigenvalue weighted by atomic mass is 35.5. The minimum Gasteiger partial charge on any atom is -0.397 e. The Kier molecular flexibility index (Phi) is 6.55. The topological polar surface area (TPSA) is 76.1 Å². The van der Waals surface area contributed by atoms with Gasteiger partial charge in [-0.1, -0.05) is 71.7 Å². The lowest BCUT2D eigenvalue weighted by Crippen LogP contribution is -2.00. The number of rotatable bonds is 6. The normalized spacial score (nSPS) is 10.4. The monoisotopic (exact) mass is 460 g/mol. The summed E-state index contributed by atoms with van der Waals surface area (Å²) in [6.45, 7) is 0. The number of nitrogens with two attached hydrogens (primary N) is 2. The van der Waals surface area contributed by atoms with Crippen molar-refractivity contribution < 1.29 is 0 Å². The van der Waals surface area contributed by atoms with E-state index in [2.05, 4.69) is 10.6 Å². The van der Waals surface area contributed by atoms with Crippen LogP contribution in [0, 0.1) is 0 Å². The van der Waals surface area contributed by atoms with Crippen LogP contribution in [0.25, 0.3) is 5.57 Å². The van der Waals surface area contributed by atoms with E-state index in [9.17, 15) is 0 Å². The maximum atomic E-state index is 6.32. The van der Waals surface area contributed by atoms with Crippen molar-refractivity contribution in [2.75, 3.05) is 22.1 Å². The summed E-state index contributed by atoms with van der Waals surface area (Å²) in [5, 5.41) is 6.62. The van der Waals surface area contributed by atoms with Crippen molar-refractivity contribution in [3.05, 3.63) is 113 Å². The highest BCUT2D eigenvalue weighted by Crippen LogP contribution is 2.36. The molecule has 6 heteroatoms. The summed E-state index contributed by atoms with van der Waals surface area (Å²) in [4.78, 5) is 0. The smallest absolute Gasteiger partial charge is 0.115 e. The molecule has 32 heavy (non-hydrogen) atoms. The molecule has 0 fully saturated rings. The third kappa shape index (κ3) is 4.99. The van der Waals surface area contributed by atoms with Gasteiger partial charge in [-0.2, -0.15) is 0 Å². The number of nitrogen functional groups attached to an aromatic ring is 2. The zero-order valence-electron chi connectivity index (χ0n) is 17.1. The summed E-state index contributed by atoms with van der Waals surface area (Å²) in [5.41, 5.74) is 19.5. The first kappa shape index (κ1) is 21.6. The molecule has 0 aromatic heterocycles. The van der Waals surface area contributed by atoms with E-state index < -0.39 is 0 Å². The van der Waals surface area contributed by atoms with Crippen molar-refractivity contribution in [2.24, 2.45) is 0 Å². The van der Waals surface area contributed by atoms with E-state index in [1.807, 2.05) is 97.1 Å². The number of hydrogen-bond donors (Lipinski definition) is 4. The number of hydrogen-bond acceptors (Lipinski definition) is 4. The molecule has 0 saturated carbocycles. The second-order valence-electron chi connectivity index (χ2n) is 7.22. The van der Waals surface area contributed by atoms with Gasteiger partial charge in [-0.25, -0.2) is 0 Å². The SMILES string of the molecule is Nc1cc(C(=C(Cl)Cl)c2ccc(Nc3ccccc3)c(N)c2)ccc1Nc1ccccc1. The van der Waals surface area contributed by atoms with Crippen molar-refractivity contribution in [3.63, 3.8) is 0 Å². The van der Waals surface area contributed by atoms with E-state index in [0.717, 1.165) is 33.9 Å². The zero-order chi connectivity index (χ0) is 22.5. The number of nitrogens with one attached hydrogen (secondary N) is 2. The van der Waals surface area contributed by atoms with Crippen LogP contribution in [-0.4, -0.2) is 0 Å². The third-order valence-electron chi connectivity index (χ3n) is 4.98. The molecular formula is C26H22Cl2N4. The fraction of sp³-hybridized carbons (Fsp3) is 0. The highest BCUT2D eigenvalue weighted by molar-refractivity contribution is 6.59. The first-order valence-corrected chi connectivity index (χ1v) is 10.8. The second-order valence-corrected chi connectivity index (χ2v) is 8.17. The molecule has 4 aromatic carbocycles. The Hall–Kier alpha value is -3.60. The Bertz CT molecular complexity index is 1160. The standard InChI is InChI=1S/C26H22Cl2N4/c27-26(28)25(17-11-13-23(21(29)15-17)31-19-7-3-1-4-8-19)18-12-14-24(22(30)16-18)32-20-9-5-2-6-10-20/h1-16,31-32H,29-30H2. The molecule has 160 valence electrons. The molecule has 0 aliphatic rings. The Morgan fingerprint density at radius 2 is 0.969 bits per heavy atom. The summed E-state index contributed by atoms with van der Waals surface area (Å²) in [7, 11) is 0. The molecule has 0 amide bonds. The van der Waals surface area contributed by atoms with Crippen LogP contribution in [0.3, 0.4) is 0 Å². The molecule has 0 atom stereocenters. The fourth-order valence-corrected chi connectivity index (χ4v) is 3.84. The minimum absolute atomic E-state index is 0.135. The lowest BCUT2D eigenvalue weighted by molar-refractivity contribution is 1.50. The summed E-state index contributed by atoms with van der Waals surface area (Å²) >= 11 is 12.6. The van der Waals surface area contributed by atoms with Crippen molar-refractivity contribution >= 4 is 62.9 Å². The third-order valence-corrected chi connectivity index (χ3v) is 5.35. The van der Waals surface area contributed by atoms with Gasteiger partial charge in [0.15, 0.2) is 0 Å². The first-order chi connectivity index (χ1) is 15.5. The average molecular weight is 461 g/mol. The second kappa shape index (κ2) is 9.69. The summed E-state index contributed by atoms with van der Waals surface area (Å²) < 4.78 is 0.135. The number of halogens is 2. The number of benzene rings is 4. The Labute approximate surface area is 197 Å². The van der Waals surface area contributed by atoms with E-state index in [1.54, 1.807) is 0 Å². The van der Waals surface area contributed by atoms with Crippen LogP contribution in [0.2, 0.25) is 0 Å². The molecule has 0 heterocycles. The Morgan fingerprint density at radius 3 is 1.31 bits per heavy atom. The zero-order valence-corrected chi connectivity index (χ0v) is 18.7. The van der Waals surface area contributed by atoms with Gasteiger partial charge in [0.25, 0.3) is 0 Å². The molecule has 0 radical (unpaired) electrons. The van der Waals surface area contributed by atoms with Gasteiger partial charge in [0, 0.05) is 16.9 Å². The van der Waals surface area contributed by atoms with E-state index in [0.29, 0.717) is 16.9 Å². The van der Waals surface area contributed by atoms with Gasteiger partial charge in [-0.3, -0.25) is 0 Å². The van der Waals surface area contributed by atoms with Crippen molar-refractivity contribution in [1.82, 2.24) is 0 Å². The van der Waals surface area contributed by atoms with E-state index >= 15 is 0 Å². The van der Waals surface area contributed by atoms with Crippen molar-refractivity contribution in [3.8, 4) is 0 Å². The van der Waals surface area contributed by atoms with Gasteiger partial charge < -0.3 is 22.1 Å². The van der Waals surface area contributed by atoms with E-state index in [1.165, 1.54) is 0 Å². The van der Waals surface area contributed by atoms with Crippen LogP contribution < -0.4 is 22.1 Å². The molecular weight excluding hydrogens is 439 g/mol. The Balaban J connectivity index is 1.62. The van der Waals surface area contributed by atoms with Gasteiger partial charge >= 0.3 is 0 Å². The lowest BCUT2D eigenvalue weighted by atomic mass is 9.97. The highest BCUT2D eigenvalue weighted by Gasteiger charge is 2.13. The van der Waals surface area contributed by atoms with Gasteiger partial charge in [0.1, 0.15) is 4.49 Å². The van der Waals surface area contributed by atoms with Crippen LogP contribution in [-0.2, 0) is 0 Å². The predicted molar refractivity (Wildman–Crippen MR) is 139 cm³/mol. The summed E-state index contributed by atoms with van der Waals surface area (Å²) in [6, 6.07) is 31.0. The van der Waals surface area contributed by atoms with Gasteiger partial charge in [0.2, 0.25) is 0 Å². The van der Waals surface area contributed by atoms with Crippen LogP contribution in [0.4, 0.5) is 34.1 Å². The lowest BCUT2D eigenvalue weighted by Gasteiger charge is -2.15. The minimum atomic E-state index is 0.135. The molecule has 0 aliphatic carbocycles. The summed E-state index contributed by atoms with van der Waals surface area (Å²) in [5.74, 6) is 0. The fourth-order valence-electron chi connectivity index (χ4n) is 3.40. The molecule has 0 spiro atoms. The van der Waals surface area contributed by atoms with Gasteiger partial charge in [-0.15, -0.1) is 0 Å². The quantitative estimate of drug-likeness (QED) is 0.224. The van der Waals surface area contributed by atoms with Crippen LogP contribution >= 0.6 is 23.2 Å². The predicted octanol–water partition coefficient (Wildman–Crippen LogP) is 7.53. The maximum Gasteiger partial charge on any atom is 0.115 e. The molecule has 0 unspecified atom stereocenters. The van der Waals surface area contributed by atoms with Gasteiger partial charge in [0.05, 0.1) is 22.7 Å². The maximum absolute atomic E-state index is 6.32. The number of anilines is 6. The van der Waals surface area contributed by atoms with Crippen LogP contribution in [0.15, 0.2) is 102 Å². The molecule has 6 N–H and O–H groups in total. The van der Waals surface area contributed by atoms with E-state index in [4.69, 9.17) is 34.7 Å². The van der Waals surface area contributed by atoms with Crippen molar-refractivity contribution in [2.45, 2.75) is 0 Å². The van der Waals surface area contributed by atoms with E-state index in [-0.39, 0.29) is 4.49 Å². The van der Waals surface area contributed by atoms with Crippen molar-refractivity contribution in [1.29, 1.82) is 0 Å². The largest absolute Gasteiger partial charge is 0.397 e. The van der Waals surface area contributed by atoms with Gasteiger partial charge in [-0.05, 0) is 59.7 Å². The molecule has 4 rings (SSSR count). The molecule has 4 aromatic rings. The molecule has 0 aliphatic heterocycles. The molecule has 0 bridgehead atoms. The molecule has 4 nitrogen and oxygen atoms in total. The first-order valence-electron chi connectivity index (χ1n) is 10.0. The molecule has 0 saturated heterocycles. The van der Waals surface area contributed by atoms with Crippen LogP contribution in [0.1, 0.15) is 11.1 Å². The average Bonchev–Trinajstić information content (AvgIpc) is 2.79. The van der Waals surface area contributed by atoms with Crippen LogP contribution in [0.5, 0.6) is 0 Å². The Morgan fingerprint density at radius 1 is 0.562 bits per heavy atom. The summed E-state index contributed by atoms with van der Waals surface area (Å²) in [6.07, 6.45) is 0.